The van der Waals surface area contributed by atoms with Crippen LogP contribution in [0.3, 0.4) is 0 Å². The van der Waals surface area contributed by atoms with Crippen molar-refractivity contribution in [2.45, 2.75) is 38.1 Å². The quantitative estimate of drug-likeness (QED) is 0.828. The molecule has 0 amide bonds. The number of methoxy groups -OCH3 is 2. The molecule has 2 rings (SSSR count). The third kappa shape index (κ3) is 3.63. The molecule has 1 fully saturated rings. The van der Waals surface area contributed by atoms with Crippen molar-refractivity contribution in [3.63, 3.8) is 0 Å². The molecule has 0 bridgehead atoms. The van der Waals surface area contributed by atoms with Crippen molar-refractivity contribution in [1.29, 1.82) is 0 Å². The lowest BCUT2D eigenvalue weighted by atomic mass is 9.96. The van der Waals surface area contributed by atoms with Gasteiger partial charge in [-0.25, -0.2) is 0 Å². The highest BCUT2D eigenvalue weighted by atomic mass is 79.9. The fraction of sp³-hybridized carbons (Fsp3) is 0.600. The van der Waals surface area contributed by atoms with Crippen LogP contribution in [0.15, 0.2) is 16.6 Å². The zero-order valence-corrected chi connectivity index (χ0v) is 13.4. The Morgan fingerprint density at radius 2 is 2.05 bits per heavy atom. The fourth-order valence-electron chi connectivity index (χ4n) is 2.25. The predicted molar refractivity (Wildman–Crippen MR) is 81.3 cm³/mol. The molecular formula is C15H22BrNO2. The Bertz CT molecular complexity index is 432. The molecule has 19 heavy (non-hydrogen) atoms. The van der Waals surface area contributed by atoms with Crippen molar-refractivity contribution in [2.75, 3.05) is 20.8 Å². The topological polar surface area (TPSA) is 30.5 Å². The van der Waals surface area contributed by atoms with Crippen molar-refractivity contribution >= 4 is 15.9 Å². The second kappa shape index (κ2) is 6.62. The van der Waals surface area contributed by atoms with Gasteiger partial charge < -0.3 is 14.8 Å². The Morgan fingerprint density at radius 1 is 1.32 bits per heavy atom. The van der Waals surface area contributed by atoms with Gasteiger partial charge in [0.15, 0.2) is 0 Å². The van der Waals surface area contributed by atoms with Crippen molar-refractivity contribution in [1.82, 2.24) is 5.32 Å². The SMILES string of the molecule is COc1ccc(C(C)CCNC2CC2)c(OC)c1Br. The molecule has 106 valence electrons. The van der Waals surface area contributed by atoms with Crippen LogP contribution >= 0.6 is 15.9 Å². The van der Waals surface area contributed by atoms with E-state index in [0.29, 0.717) is 5.92 Å². The van der Waals surface area contributed by atoms with E-state index in [2.05, 4.69) is 34.2 Å². The zero-order valence-electron chi connectivity index (χ0n) is 11.8. The number of benzene rings is 1. The van der Waals surface area contributed by atoms with Crippen LogP contribution in [0.5, 0.6) is 11.5 Å². The molecule has 1 aromatic carbocycles. The maximum atomic E-state index is 5.53. The molecule has 0 radical (unpaired) electrons. The van der Waals surface area contributed by atoms with Gasteiger partial charge in [-0.3, -0.25) is 0 Å². The number of hydrogen-bond acceptors (Lipinski definition) is 3. The Hall–Kier alpha value is -0.740. The highest BCUT2D eigenvalue weighted by Crippen LogP contribution is 2.40. The van der Waals surface area contributed by atoms with Gasteiger partial charge in [0.05, 0.1) is 14.2 Å². The Labute approximate surface area is 123 Å². The number of rotatable bonds is 7. The summed E-state index contributed by atoms with van der Waals surface area (Å²) in [7, 11) is 3.38. The maximum Gasteiger partial charge on any atom is 0.140 e. The van der Waals surface area contributed by atoms with Gasteiger partial charge in [-0.1, -0.05) is 13.0 Å². The largest absolute Gasteiger partial charge is 0.495 e. The molecule has 1 aliphatic carbocycles. The van der Waals surface area contributed by atoms with Crippen molar-refractivity contribution < 1.29 is 9.47 Å². The van der Waals surface area contributed by atoms with Crippen LogP contribution < -0.4 is 14.8 Å². The van der Waals surface area contributed by atoms with E-state index >= 15 is 0 Å². The smallest absolute Gasteiger partial charge is 0.140 e. The first-order chi connectivity index (χ1) is 9.17. The maximum absolute atomic E-state index is 5.53. The average Bonchev–Trinajstić information content (AvgIpc) is 3.22. The molecule has 0 heterocycles. The summed E-state index contributed by atoms with van der Waals surface area (Å²) >= 11 is 3.56. The first-order valence-corrected chi connectivity index (χ1v) is 7.60. The van der Waals surface area contributed by atoms with Crippen LogP contribution in [0.25, 0.3) is 0 Å². The van der Waals surface area contributed by atoms with Gasteiger partial charge >= 0.3 is 0 Å². The first kappa shape index (κ1) is 14.7. The second-order valence-corrected chi connectivity index (χ2v) is 5.92. The summed E-state index contributed by atoms with van der Waals surface area (Å²) in [6.07, 6.45) is 3.79. The Morgan fingerprint density at radius 3 is 2.63 bits per heavy atom. The van der Waals surface area contributed by atoms with E-state index in [0.717, 1.165) is 35.0 Å². The van der Waals surface area contributed by atoms with Crippen LogP contribution in [0, 0.1) is 0 Å². The van der Waals surface area contributed by atoms with Crippen LogP contribution in [-0.4, -0.2) is 26.8 Å². The van der Waals surface area contributed by atoms with Gasteiger partial charge in [-0.05, 0) is 59.3 Å². The standard InChI is InChI=1S/C15H22BrNO2/c1-10(8-9-17-11-4-5-11)12-6-7-13(18-2)14(16)15(12)19-3/h6-7,10-11,17H,4-5,8-9H2,1-3H3. The molecule has 3 nitrogen and oxygen atoms in total. The summed E-state index contributed by atoms with van der Waals surface area (Å²) in [6.45, 7) is 3.31. The summed E-state index contributed by atoms with van der Waals surface area (Å²) < 4.78 is 11.7. The highest BCUT2D eigenvalue weighted by molar-refractivity contribution is 9.10. The van der Waals surface area contributed by atoms with Crippen molar-refractivity contribution in [3.05, 3.63) is 22.2 Å². The molecule has 4 heteroatoms. The molecule has 1 saturated carbocycles. The zero-order chi connectivity index (χ0) is 13.8. The van der Waals surface area contributed by atoms with Crippen LogP contribution in [0.1, 0.15) is 37.7 Å². The monoisotopic (exact) mass is 327 g/mol. The molecule has 1 aliphatic rings. The normalized spacial score (nSPS) is 16.2. The van der Waals surface area contributed by atoms with Crippen LogP contribution in [0.4, 0.5) is 0 Å². The molecule has 0 spiro atoms. The number of hydrogen-bond donors (Lipinski definition) is 1. The summed E-state index contributed by atoms with van der Waals surface area (Å²) in [5, 5.41) is 3.55. The van der Waals surface area contributed by atoms with E-state index < -0.39 is 0 Å². The molecule has 1 aromatic rings. The molecule has 0 saturated heterocycles. The minimum absolute atomic E-state index is 0.461. The van der Waals surface area contributed by atoms with Gasteiger partial charge in [0.2, 0.25) is 0 Å². The number of halogens is 1. The summed E-state index contributed by atoms with van der Waals surface area (Å²) in [6, 6.07) is 4.87. The fourth-order valence-corrected chi connectivity index (χ4v) is 2.94. The lowest BCUT2D eigenvalue weighted by Crippen LogP contribution is -2.19. The first-order valence-electron chi connectivity index (χ1n) is 6.81. The lowest BCUT2D eigenvalue weighted by molar-refractivity contribution is 0.383. The molecular weight excluding hydrogens is 306 g/mol. The van der Waals surface area contributed by atoms with Gasteiger partial charge in [0.1, 0.15) is 16.0 Å². The van der Waals surface area contributed by atoms with E-state index in [1.54, 1.807) is 14.2 Å². The molecule has 1 atom stereocenters. The summed E-state index contributed by atoms with van der Waals surface area (Å²) in [4.78, 5) is 0. The van der Waals surface area contributed by atoms with Crippen molar-refractivity contribution in [3.8, 4) is 11.5 Å². The molecule has 0 aliphatic heterocycles. The Kier molecular flexibility index (Phi) is 5.11. The molecule has 1 unspecified atom stereocenters. The minimum Gasteiger partial charge on any atom is -0.495 e. The number of nitrogens with one attached hydrogen (secondary N) is 1. The molecule has 0 aromatic heterocycles. The van der Waals surface area contributed by atoms with E-state index in [1.807, 2.05) is 6.07 Å². The second-order valence-electron chi connectivity index (χ2n) is 5.12. The van der Waals surface area contributed by atoms with E-state index in [4.69, 9.17) is 9.47 Å². The highest BCUT2D eigenvalue weighted by Gasteiger charge is 2.21. The average molecular weight is 328 g/mol. The number of ether oxygens (including phenoxy) is 2. The van der Waals surface area contributed by atoms with Gasteiger partial charge in [-0.2, -0.15) is 0 Å². The molecule has 1 N–H and O–H groups in total. The van der Waals surface area contributed by atoms with E-state index in [9.17, 15) is 0 Å². The Balaban J connectivity index is 2.06. The third-order valence-corrected chi connectivity index (χ3v) is 4.39. The minimum atomic E-state index is 0.461. The van der Waals surface area contributed by atoms with E-state index in [-0.39, 0.29) is 0 Å². The van der Waals surface area contributed by atoms with Crippen LogP contribution in [-0.2, 0) is 0 Å². The van der Waals surface area contributed by atoms with Gasteiger partial charge in [0, 0.05) is 6.04 Å². The third-order valence-electron chi connectivity index (χ3n) is 3.63. The van der Waals surface area contributed by atoms with Crippen molar-refractivity contribution in [2.24, 2.45) is 0 Å². The van der Waals surface area contributed by atoms with E-state index in [1.165, 1.54) is 18.4 Å². The van der Waals surface area contributed by atoms with Gasteiger partial charge in [-0.15, -0.1) is 0 Å². The van der Waals surface area contributed by atoms with Crippen LogP contribution in [0.2, 0.25) is 0 Å². The predicted octanol–water partition coefficient (Wildman–Crippen LogP) is 3.71. The summed E-state index contributed by atoms with van der Waals surface area (Å²) in [5.74, 6) is 2.16. The van der Waals surface area contributed by atoms with Gasteiger partial charge in [0.25, 0.3) is 0 Å². The summed E-state index contributed by atoms with van der Waals surface area (Å²) in [5.41, 5.74) is 1.23. The lowest BCUT2D eigenvalue weighted by Gasteiger charge is -2.18.